The lowest BCUT2D eigenvalue weighted by Gasteiger charge is -2.13. The summed E-state index contributed by atoms with van der Waals surface area (Å²) in [4.78, 5) is 20.5. The number of fused-ring (bicyclic) bond motifs is 3. The lowest BCUT2D eigenvalue weighted by atomic mass is 9.92. The summed E-state index contributed by atoms with van der Waals surface area (Å²) in [6.45, 7) is 17.7. The van der Waals surface area contributed by atoms with Crippen molar-refractivity contribution in [3.8, 4) is 44.5 Å². The lowest BCUT2D eigenvalue weighted by Crippen LogP contribution is -1.98. The number of aryl methyl sites for hydroxylation is 9. The summed E-state index contributed by atoms with van der Waals surface area (Å²) in [5.74, 6) is 4.27. The van der Waals surface area contributed by atoms with Crippen LogP contribution in [0.5, 0.6) is 0 Å². The molecule has 10 rings (SSSR count). The Kier molecular flexibility index (Phi) is 11.7. The van der Waals surface area contributed by atoms with Gasteiger partial charge in [0.2, 0.25) is 0 Å². The van der Waals surface area contributed by atoms with E-state index in [9.17, 15) is 0 Å². The average Bonchev–Trinajstić information content (AvgIpc) is 4.05. The van der Waals surface area contributed by atoms with E-state index in [4.69, 9.17) is 30.0 Å². The summed E-state index contributed by atoms with van der Waals surface area (Å²) in [6, 6.07) is 20.7. The highest BCUT2D eigenvalue weighted by Gasteiger charge is 2.20. The fourth-order valence-corrected chi connectivity index (χ4v) is 9.40. The van der Waals surface area contributed by atoms with Crippen molar-refractivity contribution in [3.63, 3.8) is 0 Å². The number of H-pyrrole nitrogens is 2. The number of hydrogen-bond donors (Lipinski definition) is 4. The standard InChI is InChI=1S/C23H20N4O.C13H12IN3O.C11H12IN3O/c1-12-7-8-19-17(6-5-9-24-19)21(12)18-10-16(22-13(2)27-28-14(22)3)11-20-23(18)26-15(4)25-20;1-6-12(7(2)18-17-6)9-4-10(14)13-11(5-9)15-8(3)16-13;1-5-10(6(2)16-15-5)7-3-8(12)11(14)9(13)4-7/h5-11H,1-4H3,(H,25,26);4-5H,1-3H3,(H,15,16);3-4H,13-14H2,1-2H3. The Morgan fingerprint density at radius 3 is 1.58 bits per heavy atom. The largest absolute Gasteiger partial charge is 0.397 e. The third-order valence-electron chi connectivity index (χ3n) is 10.8. The number of benzene rings is 4. The number of halogens is 2. The maximum atomic E-state index is 5.85. The molecule has 0 radical (unpaired) electrons. The van der Waals surface area contributed by atoms with Crippen molar-refractivity contribution in [3.05, 3.63) is 126 Å². The first-order chi connectivity index (χ1) is 29.6. The van der Waals surface area contributed by atoms with E-state index in [0.717, 1.165) is 131 Å². The summed E-state index contributed by atoms with van der Waals surface area (Å²) in [6.07, 6.45) is 1.83. The molecule has 0 unspecified atom stereocenters. The first-order valence-electron chi connectivity index (χ1n) is 19.7. The van der Waals surface area contributed by atoms with Gasteiger partial charge in [0.05, 0.1) is 50.5 Å². The molecule has 0 saturated carbocycles. The van der Waals surface area contributed by atoms with Crippen LogP contribution in [0.3, 0.4) is 0 Å². The van der Waals surface area contributed by atoms with E-state index in [1.165, 1.54) is 5.56 Å². The second kappa shape index (κ2) is 17.0. The molecule has 0 aliphatic rings. The normalized spacial score (nSPS) is 11.3. The van der Waals surface area contributed by atoms with Crippen LogP contribution in [0, 0.1) is 69.5 Å². The number of rotatable bonds is 4. The minimum atomic E-state index is 0.585. The highest BCUT2D eigenvalue weighted by Crippen LogP contribution is 2.40. The predicted molar refractivity (Wildman–Crippen MR) is 263 cm³/mol. The Hall–Kier alpha value is -6.08. The van der Waals surface area contributed by atoms with Gasteiger partial charge in [0.25, 0.3) is 0 Å². The molecule has 0 bridgehead atoms. The first kappa shape index (κ1) is 42.6. The topological polar surface area (TPSA) is 200 Å². The summed E-state index contributed by atoms with van der Waals surface area (Å²) >= 11 is 4.48. The summed E-state index contributed by atoms with van der Waals surface area (Å²) < 4.78 is 17.9. The molecule has 6 N–H and O–H groups in total. The van der Waals surface area contributed by atoms with Gasteiger partial charge in [-0.05, 0) is 184 Å². The van der Waals surface area contributed by atoms with Crippen LogP contribution in [0.25, 0.3) is 77.5 Å². The zero-order chi connectivity index (χ0) is 44.1. The van der Waals surface area contributed by atoms with Gasteiger partial charge in [0.15, 0.2) is 0 Å². The Morgan fingerprint density at radius 2 is 1.05 bits per heavy atom. The number of nitrogens with zero attached hydrogens (tertiary/aromatic N) is 6. The van der Waals surface area contributed by atoms with Crippen molar-refractivity contribution in [1.82, 2.24) is 40.4 Å². The van der Waals surface area contributed by atoms with Crippen LogP contribution in [0.1, 0.15) is 51.6 Å². The number of nitrogens with two attached hydrogens (primary N) is 2. The minimum Gasteiger partial charge on any atom is -0.397 e. The zero-order valence-corrected chi connectivity index (χ0v) is 40.0. The van der Waals surface area contributed by atoms with E-state index < -0.39 is 0 Å². The molecule has 0 fully saturated rings. The number of aromatic amines is 2. The highest BCUT2D eigenvalue weighted by molar-refractivity contribution is 14.1. The smallest absolute Gasteiger partial charge is 0.141 e. The SMILES string of the molecule is Cc1nc2c(-c3c(C)ccc4ncccc34)cc(-c3c(C)noc3C)cc2[nH]1.Cc1nc2c(I)cc(-c3c(C)noc3C)cc2[nH]1.Cc1noc(C)c1-c1cc(N)c(N)c(I)c1. The number of imidazole rings is 2. The van der Waals surface area contributed by atoms with Gasteiger partial charge in [-0.3, -0.25) is 4.98 Å². The Balaban J connectivity index is 0.000000135. The fraction of sp³-hybridized carbons (Fsp3) is 0.191. The number of aromatic nitrogens is 8. The lowest BCUT2D eigenvalue weighted by molar-refractivity contribution is 0.393. The molecule has 4 aromatic carbocycles. The Morgan fingerprint density at radius 1 is 0.548 bits per heavy atom. The van der Waals surface area contributed by atoms with Gasteiger partial charge < -0.3 is 35.0 Å². The molecular weight excluding hydrogens is 1010 g/mol. The molecular formula is C47H44I2N10O3. The van der Waals surface area contributed by atoms with Crippen LogP contribution in [0.15, 0.2) is 80.4 Å². The number of nitrogen functional groups attached to an aromatic ring is 2. The van der Waals surface area contributed by atoms with E-state index in [-0.39, 0.29) is 0 Å². The molecule has 62 heavy (non-hydrogen) atoms. The van der Waals surface area contributed by atoms with Crippen LogP contribution in [-0.2, 0) is 0 Å². The molecule has 15 heteroatoms. The molecule has 0 amide bonds. The summed E-state index contributed by atoms with van der Waals surface area (Å²) in [5.41, 5.74) is 30.3. The van der Waals surface area contributed by atoms with Crippen LogP contribution >= 0.6 is 45.2 Å². The summed E-state index contributed by atoms with van der Waals surface area (Å²) in [5, 5.41) is 13.2. The molecule has 0 saturated heterocycles. The van der Waals surface area contributed by atoms with E-state index in [2.05, 4.69) is 130 Å². The third-order valence-corrected chi connectivity index (χ3v) is 12.5. The van der Waals surface area contributed by atoms with Gasteiger partial charge in [0.1, 0.15) is 34.4 Å². The zero-order valence-electron chi connectivity index (χ0n) is 35.7. The van der Waals surface area contributed by atoms with Crippen molar-refractivity contribution in [2.45, 2.75) is 62.3 Å². The predicted octanol–water partition coefficient (Wildman–Crippen LogP) is 12.1. The minimum absolute atomic E-state index is 0.585. The highest BCUT2D eigenvalue weighted by atomic mass is 127. The molecule has 6 heterocycles. The van der Waals surface area contributed by atoms with E-state index in [1.807, 2.05) is 79.8 Å². The number of hydrogen-bond acceptors (Lipinski definition) is 11. The quantitative estimate of drug-likeness (QED) is 0.0965. The van der Waals surface area contributed by atoms with Gasteiger partial charge in [-0.25, -0.2) is 9.97 Å². The second-order valence-electron chi connectivity index (χ2n) is 15.3. The maximum Gasteiger partial charge on any atom is 0.141 e. The van der Waals surface area contributed by atoms with Crippen LogP contribution in [0.4, 0.5) is 11.4 Å². The third kappa shape index (κ3) is 8.05. The number of pyridine rings is 1. The van der Waals surface area contributed by atoms with Crippen LogP contribution in [-0.4, -0.2) is 40.4 Å². The second-order valence-corrected chi connectivity index (χ2v) is 17.6. The molecule has 0 aliphatic carbocycles. The van der Waals surface area contributed by atoms with Crippen molar-refractivity contribution in [1.29, 1.82) is 0 Å². The van der Waals surface area contributed by atoms with Crippen molar-refractivity contribution < 1.29 is 13.6 Å². The van der Waals surface area contributed by atoms with Gasteiger partial charge in [-0.15, -0.1) is 0 Å². The van der Waals surface area contributed by atoms with Crippen molar-refractivity contribution >= 4 is 89.5 Å². The number of nitrogens with one attached hydrogen (secondary N) is 2. The number of anilines is 2. The van der Waals surface area contributed by atoms with Crippen LogP contribution < -0.4 is 11.5 Å². The summed E-state index contributed by atoms with van der Waals surface area (Å²) in [7, 11) is 0. The van der Waals surface area contributed by atoms with Gasteiger partial charge >= 0.3 is 0 Å². The molecule has 314 valence electrons. The Labute approximate surface area is 384 Å². The molecule has 13 nitrogen and oxygen atoms in total. The average molecular weight is 1050 g/mol. The Bertz CT molecular complexity index is 3240. The van der Waals surface area contributed by atoms with E-state index in [0.29, 0.717) is 11.4 Å². The molecule has 0 atom stereocenters. The van der Waals surface area contributed by atoms with Gasteiger partial charge in [-0.1, -0.05) is 27.6 Å². The molecule has 0 spiro atoms. The van der Waals surface area contributed by atoms with E-state index in [1.54, 1.807) is 0 Å². The monoisotopic (exact) mass is 1050 g/mol. The van der Waals surface area contributed by atoms with Gasteiger partial charge in [-0.2, -0.15) is 0 Å². The molecule has 10 aromatic rings. The molecule has 0 aliphatic heterocycles. The van der Waals surface area contributed by atoms with E-state index >= 15 is 0 Å². The van der Waals surface area contributed by atoms with Gasteiger partial charge in [0, 0.05) is 41.0 Å². The first-order valence-corrected chi connectivity index (χ1v) is 21.9. The van der Waals surface area contributed by atoms with Crippen molar-refractivity contribution in [2.24, 2.45) is 0 Å². The molecule has 6 aromatic heterocycles. The fourth-order valence-electron chi connectivity index (χ4n) is 8.01. The van der Waals surface area contributed by atoms with Crippen LogP contribution in [0.2, 0.25) is 0 Å². The maximum absolute atomic E-state index is 5.85. The van der Waals surface area contributed by atoms with Crippen molar-refractivity contribution in [2.75, 3.05) is 11.5 Å².